The summed E-state index contributed by atoms with van der Waals surface area (Å²) in [6, 6.07) is 17.1. The standard InChI is InChI=1S/C17H21BrN2/c1-20(2)17-9-5-14(6-10-17)15(12-19)11-13-3-7-16(18)8-4-13/h3-10,15H,11-12,19H2,1-2H3. The van der Waals surface area contributed by atoms with Crippen molar-refractivity contribution in [2.24, 2.45) is 5.73 Å². The van der Waals surface area contributed by atoms with Crippen molar-refractivity contribution >= 4 is 21.6 Å². The fourth-order valence-corrected chi connectivity index (χ4v) is 2.55. The lowest BCUT2D eigenvalue weighted by atomic mass is 9.92. The molecule has 0 aliphatic rings. The third-order valence-corrected chi connectivity index (χ3v) is 4.09. The molecule has 0 aliphatic heterocycles. The first-order valence-electron chi connectivity index (χ1n) is 6.82. The molecular formula is C17H21BrN2. The third kappa shape index (κ3) is 3.84. The van der Waals surface area contributed by atoms with Crippen molar-refractivity contribution in [2.75, 3.05) is 25.5 Å². The number of rotatable bonds is 5. The van der Waals surface area contributed by atoms with Gasteiger partial charge in [0.25, 0.3) is 0 Å². The Balaban J connectivity index is 2.13. The second-order valence-electron chi connectivity index (χ2n) is 5.25. The van der Waals surface area contributed by atoms with E-state index in [9.17, 15) is 0 Å². The first-order chi connectivity index (χ1) is 9.60. The largest absolute Gasteiger partial charge is 0.378 e. The van der Waals surface area contributed by atoms with Gasteiger partial charge in [0.15, 0.2) is 0 Å². The molecule has 2 aromatic carbocycles. The van der Waals surface area contributed by atoms with Crippen molar-refractivity contribution in [3.05, 3.63) is 64.1 Å². The van der Waals surface area contributed by atoms with Crippen LogP contribution in [-0.4, -0.2) is 20.6 Å². The zero-order chi connectivity index (χ0) is 14.5. The van der Waals surface area contributed by atoms with Crippen LogP contribution in [-0.2, 0) is 6.42 Å². The molecule has 0 bridgehead atoms. The number of benzene rings is 2. The summed E-state index contributed by atoms with van der Waals surface area (Å²) in [5.74, 6) is 0.368. The maximum Gasteiger partial charge on any atom is 0.0361 e. The van der Waals surface area contributed by atoms with E-state index in [1.807, 2.05) is 0 Å². The zero-order valence-electron chi connectivity index (χ0n) is 12.0. The maximum atomic E-state index is 5.96. The fourth-order valence-electron chi connectivity index (χ4n) is 2.29. The molecule has 2 nitrogen and oxygen atoms in total. The highest BCUT2D eigenvalue weighted by atomic mass is 79.9. The lowest BCUT2D eigenvalue weighted by Gasteiger charge is -2.18. The third-order valence-electron chi connectivity index (χ3n) is 3.56. The van der Waals surface area contributed by atoms with Gasteiger partial charge in [0.05, 0.1) is 0 Å². The molecule has 2 aromatic rings. The highest BCUT2D eigenvalue weighted by Gasteiger charge is 2.11. The Morgan fingerprint density at radius 1 is 1.00 bits per heavy atom. The molecule has 0 aromatic heterocycles. The number of nitrogens with two attached hydrogens (primary N) is 1. The van der Waals surface area contributed by atoms with Gasteiger partial charge in [-0.05, 0) is 48.4 Å². The monoisotopic (exact) mass is 332 g/mol. The van der Waals surface area contributed by atoms with Gasteiger partial charge >= 0.3 is 0 Å². The summed E-state index contributed by atoms with van der Waals surface area (Å²) >= 11 is 3.47. The first kappa shape index (κ1) is 15.1. The van der Waals surface area contributed by atoms with E-state index in [-0.39, 0.29) is 0 Å². The number of halogens is 1. The normalized spacial score (nSPS) is 12.2. The molecular weight excluding hydrogens is 312 g/mol. The van der Waals surface area contributed by atoms with Gasteiger partial charge in [0, 0.05) is 30.2 Å². The SMILES string of the molecule is CN(C)c1ccc(C(CN)Cc2ccc(Br)cc2)cc1. The van der Waals surface area contributed by atoms with E-state index < -0.39 is 0 Å². The van der Waals surface area contributed by atoms with E-state index in [1.165, 1.54) is 16.8 Å². The van der Waals surface area contributed by atoms with Crippen LogP contribution in [0, 0.1) is 0 Å². The molecule has 0 radical (unpaired) electrons. The van der Waals surface area contributed by atoms with Crippen LogP contribution in [0.1, 0.15) is 17.0 Å². The van der Waals surface area contributed by atoms with Crippen LogP contribution in [0.15, 0.2) is 53.0 Å². The molecule has 0 heterocycles. The smallest absolute Gasteiger partial charge is 0.0361 e. The minimum Gasteiger partial charge on any atom is -0.378 e. The minimum atomic E-state index is 0.368. The lowest BCUT2D eigenvalue weighted by Crippen LogP contribution is -2.15. The van der Waals surface area contributed by atoms with E-state index in [0.717, 1.165) is 10.9 Å². The van der Waals surface area contributed by atoms with Gasteiger partial charge in [-0.3, -0.25) is 0 Å². The van der Waals surface area contributed by atoms with Crippen LogP contribution in [0.4, 0.5) is 5.69 Å². The van der Waals surface area contributed by atoms with Gasteiger partial charge < -0.3 is 10.6 Å². The van der Waals surface area contributed by atoms with Gasteiger partial charge in [0.2, 0.25) is 0 Å². The molecule has 0 aliphatic carbocycles. The molecule has 2 N–H and O–H groups in total. The summed E-state index contributed by atoms with van der Waals surface area (Å²) in [6.07, 6.45) is 0.977. The van der Waals surface area contributed by atoms with Crippen LogP contribution in [0.3, 0.4) is 0 Å². The predicted molar refractivity (Wildman–Crippen MR) is 90.4 cm³/mol. The lowest BCUT2D eigenvalue weighted by molar-refractivity contribution is 0.694. The van der Waals surface area contributed by atoms with E-state index in [0.29, 0.717) is 12.5 Å². The average molecular weight is 333 g/mol. The van der Waals surface area contributed by atoms with Crippen LogP contribution >= 0.6 is 15.9 Å². The quantitative estimate of drug-likeness (QED) is 0.902. The average Bonchev–Trinajstić information content (AvgIpc) is 2.47. The number of hydrogen-bond acceptors (Lipinski definition) is 2. The molecule has 0 amide bonds. The molecule has 20 heavy (non-hydrogen) atoms. The van der Waals surface area contributed by atoms with Gasteiger partial charge in [0.1, 0.15) is 0 Å². The van der Waals surface area contributed by atoms with E-state index in [4.69, 9.17) is 5.73 Å². The molecule has 106 valence electrons. The summed E-state index contributed by atoms with van der Waals surface area (Å²) in [5.41, 5.74) is 9.80. The minimum absolute atomic E-state index is 0.368. The van der Waals surface area contributed by atoms with Gasteiger partial charge in [-0.25, -0.2) is 0 Å². The van der Waals surface area contributed by atoms with Crippen molar-refractivity contribution in [2.45, 2.75) is 12.3 Å². The number of hydrogen-bond donors (Lipinski definition) is 1. The zero-order valence-corrected chi connectivity index (χ0v) is 13.6. The van der Waals surface area contributed by atoms with Crippen molar-refractivity contribution < 1.29 is 0 Å². The van der Waals surface area contributed by atoms with Gasteiger partial charge in [-0.2, -0.15) is 0 Å². The van der Waals surface area contributed by atoms with Crippen molar-refractivity contribution in [3.8, 4) is 0 Å². The highest BCUT2D eigenvalue weighted by molar-refractivity contribution is 9.10. The number of anilines is 1. The Kier molecular flexibility index (Phi) is 5.21. The van der Waals surface area contributed by atoms with Crippen LogP contribution < -0.4 is 10.6 Å². The molecule has 0 saturated carbocycles. The fraction of sp³-hybridized carbons (Fsp3) is 0.294. The van der Waals surface area contributed by atoms with E-state index in [1.54, 1.807) is 0 Å². The van der Waals surface area contributed by atoms with E-state index >= 15 is 0 Å². The Labute approximate surface area is 129 Å². The Morgan fingerprint density at radius 2 is 1.60 bits per heavy atom. The summed E-state index contributed by atoms with van der Waals surface area (Å²) in [5, 5.41) is 0. The number of nitrogens with zero attached hydrogens (tertiary/aromatic N) is 1. The molecule has 0 fully saturated rings. The van der Waals surface area contributed by atoms with Crippen molar-refractivity contribution in [3.63, 3.8) is 0 Å². The van der Waals surface area contributed by atoms with Crippen LogP contribution in [0.2, 0.25) is 0 Å². The summed E-state index contributed by atoms with van der Waals surface area (Å²) in [6.45, 7) is 0.664. The molecule has 0 spiro atoms. The predicted octanol–water partition coefficient (Wildman–Crippen LogP) is 3.80. The highest BCUT2D eigenvalue weighted by Crippen LogP contribution is 2.23. The van der Waals surface area contributed by atoms with Gasteiger partial charge in [-0.1, -0.05) is 40.2 Å². The molecule has 0 saturated heterocycles. The second kappa shape index (κ2) is 6.91. The molecule has 2 rings (SSSR count). The van der Waals surface area contributed by atoms with Gasteiger partial charge in [-0.15, -0.1) is 0 Å². The van der Waals surface area contributed by atoms with Crippen molar-refractivity contribution in [1.29, 1.82) is 0 Å². The summed E-state index contributed by atoms with van der Waals surface area (Å²) in [4.78, 5) is 2.11. The Bertz CT molecular complexity index is 532. The first-order valence-corrected chi connectivity index (χ1v) is 7.61. The second-order valence-corrected chi connectivity index (χ2v) is 6.16. The topological polar surface area (TPSA) is 29.3 Å². The maximum absolute atomic E-state index is 5.96. The molecule has 3 heteroatoms. The van der Waals surface area contributed by atoms with E-state index in [2.05, 4.69) is 83.5 Å². The summed E-state index contributed by atoms with van der Waals surface area (Å²) < 4.78 is 1.11. The molecule has 1 atom stereocenters. The molecule has 1 unspecified atom stereocenters. The van der Waals surface area contributed by atoms with Crippen LogP contribution in [0.5, 0.6) is 0 Å². The van der Waals surface area contributed by atoms with Crippen LogP contribution in [0.25, 0.3) is 0 Å². The van der Waals surface area contributed by atoms with Crippen molar-refractivity contribution in [1.82, 2.24) is 0 Å². The Morgan fingerprint density at radius 3 is 2.10 bits per heavy atom. The Hall–Kier alpha value is -1.32. The summed E-state index contributed by atoms with van der Waals surface area (Å²) in [7, 11) is 4.11.